The molecule has 3 aromatic rings. The zero-order valence-corrected chi connectivity index (χ0v) is 26.0. The Morgan fingerprint density at radius 3 is 2.64 bits per heavy atom. The van der Waals surface area contributed by atoms with Crippen LogP contribution in [0, 0.1) is 5.41 Å². The van der Waals surface area contributed by atoms with Gasteiger partial charge in [0.1, 0.15) is 5.75 Å². The summed E-state index contributed by atoms with van der Waals surface area (Å²) < 4.78 is 37.2. The van der Waals surface area contributed by atoms with Crippen LogP contribution in [0.4, 0.5) is 0 Å². The van der Waals surface area contributed by atoms with Gasteiger partial charge in [-0.3, -0.25) is 9.59 Å². The van der Waals surface area contributed by atoms with Crippen LogP contribution in [0.5, 0.6) is 5.75 Å². The molecule has 11 heteroatoms. The number of ether oxygens (including phenoxy) is 1. The standard InChI is InChI=1S/C33H39N5O5S/c1-37-16-6-13-34-14-15-35-32(40)33-19-27(33)26-18-23(43-2)10-12-24(26)30-29(21-7-4-3-5-8-21)25-11-9-22(17-28(25)38(30)20-33)31(39)36-44(37,41)42/h6,9-13,17-18,21,27,34H,3-5,7-8,14-16,19-20H2,1-2H3,(H,35,40)(H,36,39)/b13-6+. The van der Waals surface area contributed by atoms with E-state index in [1.807, 2.05) is 12.1 Å². The molecule has 0 radical (unpaired) electrons. The number of nitrogens with zero attached hydrogens (tertiary/aromatic N) is 2. The van der Waals surface area contributed by atoms with E-state index in [1.165, 1.54) is 19.0 Å². The van der Waals surface area contributed by atoms with Gasteiger partial charge in [-0.2, -0.15) is 12.7 Å². The van der Waals surface area contributed by atoms with Gasteiger partial charge in [0.15, 0.2) is 0 Å². The first-order valence-electron chi connectivity index (χ1n) is 15.5. The van der Waals surface area contributed by atoms with E-state index in [9.17, 15) is 18.0 Å². The molecule has 10 nitrogen and oxygen atoms in total. The molecular formula is C33H39N5O5S. The molecule has 2 unspecified atom stereocenters. The van der Waals surface area contributed by atoms with Crippen LogP contribution >= 0.6 is 0 Å². The highest BCUT2D eigenvalue weighted by atomic mass is 32.2. The Morgan fingerprint density at radius 1 is 1.02 bits per heavy atom. The summed E-state index contributed by atoms with van der Waals surface area (Å²) >= 11 is 0. The first kappa shape index (κ1) is 28.9. The topological polar surface area (TPSA) is 122 Å². The van der Waals surface area contributed by atoms with Crippen LogP contribution in [-0.4, -0.2) is 62.9 Å². The van der Waals surface area contributed by atoms with Crippen molar-refractivity contribution in [3.63, 3.8) is 0 Å². The first-order chi connectivity index (χ1) is 21.2. The average Bonchev–Trinajstić information content (AvgIpc) is 3.70. The van der Waals surface area contributed by atoms with Crippen molar-refractivity contribution < 1.29 is 22.7 Å². The molecule has 2 fully saturated rings. The number of rotatable bonds is 2. The van der Waals surface area contributed by atoms with Gasteiger partial charge >= 0.3 is 10.2 Å². The quantitative estimate of drug-likeness (QED) is 0.400. The highest BCUT2D eigenvalue weighted by molar-refractivity contribution is 7.87. The van der Waals surface area contributed by atoms with Gasteiger partial charge in [0, 0.05) is 61.2 Å². The van der Waals surface area contributed by atoms with Gasteiger partial charge in [-0.15, -0.1) is 0 Å². The molecule has 232 valence electrons. The maximum atomic E-state index is 14.0. The number of likely N-dealkylation sites (N-methyl/N-ethyl adjacent to an activating group) is 1. The second-order valence-electron chi connectivity index (χ2n) is 12.6. The molecule has 44 heavy (non-hydrogen) atoms. The second kappa shape index (κ2) is 11.0. The van der Waals surface area contributed by atoms with Crippen molar-refractivity contribution in [2.75, 3.05) is 33.8 Å². The molecular weight excluding hydrogens is 578 g/mol. The van der Waals surface area contributed by atoms with Crippen molar-refractivity contribution in [3.8, 4) is 17.0 Å². The van der Waals surface area contributed by atoms with E-state index in [4.69, 9.17) is 4.74 Å². The highest BCUT2D eigenvalue weighted by Crippen LogP contribution is 2.65. The lowest BCUT2D eigenvalue weighted by molar-refractivity contribution is -0.126. The predicted molar refractivity (Wildman–Crippen MR) is 169 cm³/mol. The van der Waals surface area contributed by atoms with Crippen LogP contribution in [0.15, 0.2) is 48.7 Å². The summed E-state index contributed by atoms with van der Waals surface area (Å²) in [4.78, 5) is 27.4. The van der Waals surface area contributed by atoms with Crippen LogP contribution in [0.25, 0.3) is 22.2 Å². The van der Waals surface area contributed by atoms with E-state index in [2.05, 4.69) is 32.1 Å². The molecule has 2 aliphatic carbocycles. The molecule has 2 atom stereocenters. The third-order valence-electron chi connectivity index (χ3n) is 10.0. The number of nitrogens with one attached hydrogen (secondary N) is 3. The number of hydrogen-bond donors (Lipinski definition) is 3. The number of carbonyl (C=O) groups is 2. The minimum Gasteiger partial charge on any atom is -0.497 e. The molecule has 2 saturated carbocycles. The van der Waals surface area contributed by atoms with E-state index in [0.29, 0.717) is 25.6 Å². The molecule has 7 rings (SSSR count). The van der Waals surface area contributed by atoms with Crippen molar-refractivity contribution in [1.29, 1.82) is 0 Å². The van der Waals surface area contributed by atoms with Crippen LogP contribution in [0.1, 0.15) is 71.8 Å². The van der Waals surface area contributed by atoms with Gasteiger partial charge in [-0.05, 0) is 72.8 Å². The molecule has 2 aliphatic heterocycles. The van der Waals surface area contributed by atoms with Crippen LogP contribution < -0.4 is 20.1 Å². The fourth-order valence-electron chi connectivity index (χ4n) is 7.59. The molecule has 2 aromatic carbocycles. The van der Waals surface area contributed by atoms with E-state index in [1.54, 1.807) is 31.5 Å². The van der Waals surface area contributed by atoms with Gasteiger partial charge in [0.05, 0.1) is 18.2 Å². The number of amides is 2. The summed E-state index contributed by atoms with van der Waals surface area (Å²) in [5.41, 5.74) is 5.07. The summed E-state index contributed by atoms with van der Waals surface area (Å²) in [7, 11) is -0.979. The number of fused-ring (bicyclic) bond motifs is 4. The third-order valence-corrected chi connectivity index (χ3v) is 11.4. The van der Waals surface area contributed by atoms with Crippen molar-refractivity contribution in [1.82, 2.24) is 24.2 Å². The summed E-state index contributed by atoms with van der Waals surface area (Å²) in [5, 5.41) is 7.35. The smallest absolute Gasteiger partial charge is 0.304 e. The Kier molecular flexibility index (Phi) is 7.20. The van der Waals surface area contributed by atoms with Gasteiger partial charge in [0.2, 0.25) is 5.91 Å². The lowest BCUT2D eigenvalue weighted by Gasteiger charge is -2.24. The minimum absolute atomic E-state index is 0.0248. The Bertz CT molecular complexity index is 1790. The SMILES string of the molecule is COc1ccc2c(c1)C1CC13Cn1c-2c(C2CCCCC2)c2ccc(cc21)C(=O)NS(=O)(=O)N(C)C/C=C/NCCNC3=O. The summed E-state index contributed by atoms with van der Waals surface area (Å²) in [6.07, 6.45) is 9.75. The molecule has 4 aliphatic rings. The molecule has 3 heterocycles. The largest absolute Gasteiger partial charge is 0.497 e. The minimum atomic E-state index is -4.06. The second-order valence-corrected chi connectivity index (χ2v) is 14.4. The molecule has 1 aromatic heterocycles. The lowest BCUT2D eigenvalue weighted by atomic mass is 9.81. The number of aromatic nitrogens is 1. The van der Waals surface area contributed by atoms with E-state index in [-0.39, 0.29) is 23.9 Å². The Hall–Kier alpha value is -3.83. The van der Waals surface area contributed by atoms with Gasteiger partial charge < -0.3 is 19.9 Å². The normalized spacial score (nSPS) is 26.4. The van der Waals surface area contributed by atoms with E-state index < -0.39 is 21.5 Å². The van der Waals surface area contributed by atoms with Crippen molar-refractivity contribution >= 4 is 32.9 Å². The number of hydrogen-bond acceptors (Lipinski definition) is 6. The average molecular weight is 618 g/mol. The monoisotopic (exact) mass is 617 g/mol. The highest BCUT2D eigenvalue weighted by Gasteiger charge is 2.62. The number of benzene rings is 2. The van der Waals surface area contributed by atoms with Gasteiger partial charge in [0.25, 0.3) is 5.91 Å². The Morgan fingerprint density at radius 2 is 1.84 bits per heavy atom. The zero-order chi connectivity index (χ0) is 30.6. The Labute approximate surface area is 258 Å². The van der Waals surface area contributed by atoms with Crippen molar-refractivity contribution in [2.45, 2.75) is 56.9 Å². The van der Waals surface area contributed by atoms with Crippen molar-refractivity contribution in [2.24, 2.45) is 5.41 Å². The number of carbonyl (C=O) groups excluding carboxylic acids is 2. The molecule has 0 saturated heterocycles. The predicted octanol–water partition coefficient (Wildman–Crippen LogP) is 3.99. The molecule has 2 amide bonds. The van der Waals surface area contributed by atoms with Crippen LogP contribution in [-0.2, 0) is 21.5 Å². The molecule has 1 spiro atoms. The maximum absolute atomic E-state index is 14.0. The summed E-state index contributed by atoms with van der Waals surface area (Å²) in [6.45, 7) is 1.47. The van der Waals surface area contributed by atoms with E-state index >= 15 is 0 Å². The first-order valence-corrected chi connectivity index (χ1v) is 17.0. The molecule has 3 N–H and O–H groups in total. The Balaban J connectivity index is 1.46. The maximum Gasteiger partial charge on any atom is 0.304 e. The van der Waals surface area contributed by atoms with E-state index in [0.717, 1.165) is 69.9 Å². The lowest BCUT2D eigenvalue weighted by Crippen LogP contribution is -2.41. The summed E-state index contributed by atoms with van der Waals surface area (Å²) in [5.74, 6) is 0.488. The zero-order valence-electron chi connectivity index (χ0n) is 25.2. The fraction of sp³-hybridized carbons (Fsp3) is 0.455. The van der Waals surface area contributed by atoms with Crippen molar-refractivity contribution in [3.05, 3.63) is 65.4 Å². The number of methoxy groups -OCH3 is 1. The molecule has 4 bridgehead atoms. The van der Waals surface area contributed by atoms with Crippen LogP contribution in [0.3, 0.4) is 0 Å². The fourth-order valence-corrected chi connectivity index (χ4v) is 8.38. The third kappa shape index (κ3) is 4.77. The summed E-state index contributed by atoms with van der Waals surface area (Å²) in [6, 6.07) is 11.7. The van der Waals surface area contributed by atoms with Gasteiger partial charge in [-0.1, -0.05) is 31.4 Å². The van der Waals surface area contributed by atoms with Gasteiger partial charge in [-0.25, -0.2) is 4.72 Å². The van der Waals surface area contributed by atoms with Crippen LogP contribution in [0.2, 0.25) is 0 Å².